The van der Waals surface area contributed by atoms with Crippen molar-refractivity contribution in [2.45, 2.75) is 90.9 Å². The van der Waals surface area contributed by atoms with Crippen LogP contribution in [0.25, 0.3) is 0 Å². The van der Waals surface area contributed by atoms with Gasteiger partial charge in [0.05, 0.1) is 6.54 Å². The summed E-state index contributed by atoms with van der Waals surface area (Å²) in [5.41, 5.74) is 2.71. The van der Waals surface area contributed by atoms with Crippen LogP contribution in [0.2, 0.25) is 0 Å². The number of piperidine rings is 1. The van der Waals surface area contributed by atoms with E-state index in [-0.39, 0.29) is 18.4 Å². The molecule has 1 aliphatic rings. The first-order chi connectivity index (χ1) is 21.2. The third-order valence-electron chi connectivity index (χ3n) is 7.47. The Hall–Kier alpha value is -4.40. The minimum atomic E-state index is -0.776. The maximum absolute atomic E-state index is 13.4. The van der Waals surface area contributed by atoms with E-state index in [1.807, 2.05) is 53.4 Å². The SMILES string of the molecule is CC(C)(C)OC(=O)N(Cc1cccc(C2CCN(C(=O)c3cc(CCc4ccccc4)c[n+]([O-])c3)CC2)c1)C(=O)OC(C)(C)C. The molecular weight excluding hydrogens is 570 g/mol. The van der Waals surface area contributed by atoms with Crippen molar-refractivity contribution in [3.63, 3.8) is 0 Å². The number of aryl methyl sites for hydroxylation is 2. The van der Waals surface area contributed by atoms with Gasteiger partial charge in [-0.2, -0.15) is 4.73 Å². The molecule has 0 bridgehead atoms. The van der Waals surface area contributed by atoms with Gasteiger partial charge in [-0.15, -0.1) is 0 Å². The molecule has 9 heteroatoms. The van der Waals surface area contributed by atoms with E-state index in [0.29, 0.717) is 25.1 Å². The number of rotatable bonds is 7. The van der Waals surface area contributed by atoms with Crippen molar-refractivity contribution in [2.75, 3.05) is 13.1 Å². The molecule has 1 aromatic heterocycles. The molecule has 0 atom stereocenters. The molecule has 2 heterocycles. The number of imide groups is 1. The maximum Gasteiger partial charge on any atom is 0.420 e. The van der Waals surface area contributed by atoms with Crippen LogP contribution in [-0.2, 0) is 28.9 Å². The van der Waals surface area contributed by atoms with Crippen LogP contribution in [0.3, 0.4) is 0 Å². The van der Waals surface area contributed by atoms with Crippen molar-refractivity contribution in [1.29, 1.82) is 0 Å². The maximum atomic E-state index is 13.4. The molecule has 0 spiro atoms. The molecule has 2 aromatic carbocycles. The van der Waals surface area contributed by atoms with Crippen molar-refractivity contribution in [3.8, 4) is 0 Å². The molecule has 0 radical (unpaired) electrons. The van der Waals surface area contributed by atoms with Crippen LogP contribution >= 0.6 is 0 Å². The van der Waals surface area contributed by atoms with Crippen molar-refractivity contribution >= 4 is 18.1 Å². The van der Waals surface area contributed by atoms with Gasteiger partial charge in [0.2, 0.25) is 0 Å². The lowest BCUT2D eigenvalue weighted by atomic mass is 9.88. The number of nitrogens with zero attached hydrogens (tertiary/aromatic N) is 3. The second-order valence-electron chi connectivity index (χ2n) is 13.6. The van der Waals surface area contributed by atoms with Crippen LogP contribution in [0.15, 0.2) is 73.1 Å². The number of benzene rings is 2. The molecule has 0 saturated carbocycles. The first kappa shape index (κ1) is 33.5. The smallest absolute Gasteiger partial charge is 0.420 e. The number of amides is 3. The van der Waals surface area contributed by atoms with E-state index in [0.717, 1.165) is 45.6 Å². The van der Waals surface area contributed by atoms with Gasteiger partial charge in [0.25, 0.3) is 5.91 Å². The van der Waals surface area contributed by atoms with Gasteiger partial charge in [-0.05, 0) is 95.9 Å². The summed E-state index contributed by atoms with van der Waals surface area (Å²) in [6, 6.07) is 19.7. The van der Waals surface area contributed by atoms with Crippen molar-refractivity contribution in [2.24, 2.45) is 0 Å². The molecule has 9 nitrogen and oxygen atoms in total. The Balaban J connectivity index is 1.40. The summed E-state index contributed by atoms with van der Waals surface area (Å²) < 4.78 is 11.7. The standard InChI is InChI=1S/C36H45N3O6/c1-35(2,3)44-33(41)39(34(42)45-36(4,5)6)24-27-13-10-14-30(21-27)29-17-19-37(20-18-29)32(40)31-22-28(23-38(43)25-31)16-15-26-11-8-7-9-12-26/h7-14,21-23,25,29H,15-20,24H2,1-6H3. The summed E-state index contributed by atoms with van der Waals surface area (Å²) in [6.45, 7) is 11.6. The number of aromatic nitrogens is 1. The quantitative estimate of drug-likeness (QED) is 0.214. The zero-order chi connectivity index (χ0) is 32.8. The lowest BCUT2D eigenvalue weighted by molar-refractivity contribution is -0.606. The van der Waals surface area contributed by atoms with Gasteiger partial charge in [0.15, 0.2) is 12.4 Å². The highest BCUT2D eigenvalue weighted by Crippen LogP contribution is 2.30. The summed E-state index contributed by atoms with van der Waals surface area (Å²) >= 11 is 0. The predicted molar refractivity (Wildman–Crippen MR) is 172 cm³/mol. The van der Waals surface area contributed by atoms with Gasteiger partial charge < -0.3 is 19.6 Å². The molecular formula is C36H45N3O6. The average molecular weight is 616 g/mol. The molecule has 4 rings (SSSR count). The number of carbonyl (C=O) groups excluding carboxylic acids is 3. The monoisotopic (exact) mass is 615 g/mol. The normalized spacial score (nSPS) is 14.1. The first-order valence-corrected chi connectivity index (χ1v) is 15.5. The highest BCUT2D eigenvalue weighted by molar-refractivity contribution is 5.94. The third kappa shape index (κ3) is 10.1. The van der Waals surface area contributed by atoms with Gasteiger partial charge in [-0.25, -0.2) is 14.5 Å². The fraction of sp³-hybridized carbons (Fsp3) is 0.444. The minimum absolute atomic E-state index is 0.00477. The molecule has 3 amide bonds. The summed E-state index contributed by atoms with van der Waals surface area (Å²) in [7, 11) is 0. The Morgan fingerprint density at radius 1 is 0.800 bits per heavy atom. The fourth-order valence-electron chi connectivity index (χ4n) is 5.36. The molecule has 1 aliphatic heterocycles. The Bertz CT molecular complexity index is 1460. The van der Waals surface area contributed by atoms with Gasteiger partial charge in [0, 0.05) is 18.7 Å². The molecule has 0 unspecified atom stereocenters. The Morgan fingerprint density at radius 3 is 1.98 bits per heavy atom. The van der Waals surface area contributed by atoms with E-state index < -0.39 is 23.4 Å². The molecule has 45 heavy (non-hydrogen) atoms. The summed E-state index contributed by atoms with van der Waals surface area (Å²) in [4.78, 5) is 42.2. The molecule has 1 fully saturated rings. The van der Waals surface area contributed by atoms with E-state index in [1.165, 1.54) is 18.0 Å². The Morgan fingerprint density at radius 2 is 1.38 bits per heavy atom. The van der Waals surface area contributed by atoms with E-state index in [9.17, 15) is 19.6 Å². The van der Waals surface area contributed by atoms with Crippen molar-refractivity contribution in [3.05, 3.63) is 106 Å². The highest BCUT2D eigenvalue weighted by atomic mass is 16.6. The fourth-order valence-corrected chi connectivity index (χ4v) is 5.36. The van der Waals surface area contributed by atoms with Gasteiger partial charge in [-0.1, -0.05) is 54.6 Å². The zero-order valence-corrected chi connectivity index (χ0v) is 27.2. The minimum Gasteiger partial charge on any atom is -0.619 e. The van der Waals surface area contributed by atoms with Crippen LogP contribution in [0.1, 0.15) is 92.9 Å². The second-order valence-corrected chi connectivity index (χ2v) is 13.6. The number of ether oxygens (including phenoxy) is 2. The molecule has 0 aliphatic carbocycles. The lowest BCUT2D eigenvalue weighted by Gasteiger charge is -2.32. The first-order valence-electron chi connectivity index (χ1n) is 15.5. The number of likely N-dealkylation sites (tertiary alicyclic amines) is 1. The second kappa shape index (κ2) is 14.1. The predicted octanol–water partition coefficient (Wildman–Crippen LogP) is 6.80. The van der Waals surface area contributed by atoms with Crippen molar-refractivity contribution < 1.29 is 28.6 Å². The summed E-state index contributed by atoms with van der Waals surface area (Å²) in [5, 5.41) is 12.4. The number of carbonyl (C=O) groups is 3. The highest BCUT2D eigenvalue weighted by Gasteiger charge is 2.32. The van der Waals surface area contributed by atoms with Gasteiger partial charge in [-0.3, -0.25) is 4.79 Å². The Labute approximate surface area is 266 Å². The molecule has 1 saturated heterocycles. The van der Waals surface area contributed by atoms with E-state index in [2.05, 4.69) is 12.1 Å². The van der Waals surface area contributed by atoms with E-state index in [1.54, 1.807) is 41.5 Å². The van der Waals surface area contributed by atoms with Crippen molar-refractivity contribution in [1.82, 2.24) is 9.80 Å². The lowest BCUT2D eigenvalue weighted by Crippen LogP contribution is -2.43. The van der Waals surface area contributed by atoms with Gasteiger partial charge >= 0.3 is 12.2 Å². The largest absolute Gasteiger partial charge is 0.619 e. The molecule has 240 valence electrons. The number of hydrogen-bond donors (Lipinski definition) is 0. The topological polar surface area (TPSA) is 103 Å². The van der Waals surface area contributed by atoms with Crippen LogP contribution in [0.4, 0.5) is 9.59 Å². The Kier molecular flexibility index (Phi) is 10.5. The summed E-state index contributed by atoms with van der Waals surface area (Å²) in [5.74, 6) is 0.0610. The average Bonchev–Trinajstić information content (AvgIpc) is 2.97. The van der Waals surface area contributed by atoms with E-state index >= 15 is 0 Å². The van der Waals surface area contributed by atoms with Gasteiger partial charge in [0.1, 0.15) is 16.8 Å². The van der Waals surface area contributed by atoms with Crippen LogP contribution < -0.4 is 4.73 Å². The number of pyridine rings is 1. The third-order valence-corrected chi connectivity index (χ3v) is 7.47. The molecule has 3 aromatic rings. The zero-order valence-electron chi connectivity index (χ0n) is 27.2. The van der Waals surface area contributed by atoms with Crippen LogP contribution in [0, 0.1) is 5.21 Å². The van der Waals surface area contributed by atoms with Crippen LogP contribution in [-0.4, -0.2) is 52.2 Å². The molecule has 0 N–H and O–H groups in total. The summed E-state index contributed by atoms with van der Waals surface area (Å²) in [6.07, 6.45) is 4.32. The number of hydrogen-bond acceptors (Lipinski definition) is 6. The van der Waals surface area contributed by atoms with E-state index in [4.69, 9.17) is 9.47 Å². The van der Waals surface area contributed by atoms with Crippen LogP contribution in [0.5, 0.6) is 0 Å².